The lowest BCUT2D eigenvalue weighted by atomic mass is 10.2. The Labute approximate surface area is 112 Å². The zero-order valence-electron chi connectivity index (χ0n) is 9.70. The lowest BCUT2D eigenvalue weighted by molar-refractivity contribution is 0.0692. The van der Waals surface area contributed by atoms with Crippen molar-refractivity contribution in [3.05, 3.63) is 47.7 Å². The number of nitrogens with one attached hydrogen (secondary N) is 1. The molecule has 0 saturated carbocycles. The van der Waals surface area contributed by atoms with Crippen LogP contribution in [0.3, 0.4) is 0 Å². The fourth-order valence-corrected chi connectivity index (χ4v) is 2.46. The van der Waals surface area contributed by atoms with Gasteiger partial charge in [-0.15, -0.1) is 11.3 Å². The number of aromatic carboxylic acids is 1. The summed E-state index contributed by atoms with van der Waals surface area (Å²) in [5.74, 6) is -1.04. The Hall–Kier alpha value is -2.47. The normalized spacial score (nSPS) is 10.5. The van der Waals surface area contributed by atoms with Crippen molar-refractivity contribution in [2.45, 2.75) is 0 Å². The molecule has 94 valence electrons. The van der Waals surface area contributed by atoms with Gasteiger partial charge >= 0.3 is 5.97 Å². The molecular weight excluding hydrogens is 262 g/mol. The quantitative estimate of drug-likeness (QED) is 0.765. The molecule has 5 nitrogen and oxygen atoms in total. The van der Waals surface area contributed by atoms with Gasteiger partial charge in [-0.1, -0.05) is 6.07 Å². The lowest BCUT2D eigenvalue weighted by Gasteiger charge is -2.05. The van der Waals surface area contributed by atoms with E-state index in [1.165, 1.54) is 16.8 Å². The largest absolute Gasteiger partial charge is 0.476 e. The smallest absolute Gasteiger partial charge is 0.357 e. The van der Waals surface area contributed by atoms with Crippen molar-refractivity contribution < 1.29 is 9.90 Å². The number of nitrogens with zero attached hydrogens (tertiary/aromatic N) is 2. The van der Waals surface area contributed by atoms with E-state index < -0.39 is 5.97 Å². The molecule has 0 radical (unpaired) electrons. The summed E-state index contributed by atoms with van der Waals surface area (Å²) in [6, 6.07) is 9.49. The van der Waals surface area contributed by atoms with Gasteiger partial charge in [-0.05, 0) is 24.3 Å². The maximum Gasteiger partial charge on any atom is 0.357 e. The first-order chi connectivity index (χ1) is 9.24. The van der Waals surface area contributed by atoms with Gasteiger partial charge in [-0.25, -0.2) is 9.78 Å². The number of carbonyl (C=O) groups is 1. The third-order valence-corrected chi connectivity index (χ3v) is 3.37. The minimum absolute atomic E-state index is 0.0382. The van der Waals surface area contributed by atoms with Crippen molar-refractivity contribution in [3.8, 4) is 0 Å². The minimum Gasteiger partial charge on any atom is -0.476 e. The van der Waals surface area contributed by atoms with Gasteiger partial charge in [-0.2, -0.15) is 0 Å². The standard InChI is InChI=1S/C13H9N3O2S/c17-13(18)11-12(19-7-15-11)16-9-3-4-10-8(6-9)2-1-5-14-10/h1-7,16H,(H,17,18). The number of carboxylic acids is 1. The Bertz CT molecular complexity index is 754. The molecule has 3 aromatic rings. The number of thiazole rings is 1. The molecule has 2 aromatic heterocycles. The van der Waals surface area contributed by atoms with Gasteiger partial charge in [0.15, 0.2) is 5.69 Å². The van der Waals surface area contributed by atoms with E-state index in [9.17, 15) is 4.79 Å². The molecule has 0 bridgehead atoms. The van der Waals surface area contributed by atoms with Gasteiger partial charge in [0, 0.05) is 17.3 Å². The average molecular weight is 271 g/mol. The van der Waals surface area contributed by atoms with Crippen LogP contribution in [0.1, 0.15) is 10.5 Å². The Morgan fingerprint density at radius 1 is 1.26 bits per heavy atom. The zero-order chi connectivity index (χ0) is 13.2. The first-order valence-electron chi connectivity index (χ1n) is 5.52. The zero-order valence-corrected chi connectivity index (χ0v) is 10.5. The number of carboxylic acid groups (broad SMARTS) is 1. The summed E-state index contributed by atoms with van der Waals surface area (Å²) in [5.41, 5.74) is 3.26. The molecule has 0 aliphatic heterocycles. The highest BCUT2D eigenvalue weighted by Crippen LogP contribution is 2.26. The first kappa shape index (κ1) is 11.6. The molecule has 0 spiro atoms. The fourth-order valence-electron chi connectivity index (χ4n) is 1.77. The predicted molar refractivity (Wildman–Crippen MR) is 74.1 cm³/mol. The number of fused-ring (bicyclic) bond motifs is 1. The number of hydrogen-bond donors (Lipinski definition) is 2. The van der Waals surface area contributed by atoms with Gasteiger partial charge < -0.3 is 10.4 Å². The summed E-state index contributed by atoms with van der Waals surface area (Å²) in [7, 11) is 0. The predicted octanol–water partition coefficient (Wildman–Crippen LogP) is 3.13. The van der Waals surface area contributed by atoms with Crippen LogP contribution in [0, 0.1) is 0 Å². The molecule has 0 unspecified atom stereocenters. The van der Waals surface area contributed by atoms with Crippen LogP contribution in [0.15, 0.2) is 42.0 Å². The number of anilines is 2. The number of aromatic nitrogens is 2. The van der Waals surface area contributed by atoms with Crippen LogP contribution in [0.4, 0.5) is 10.7 Å². The Balaban J connectivity index is 1.97. The molecule has 2 N–H and O–H groups in total. The summed E-state index contributed by atoms with van der Waals surface area (Å²) in [6.45, 7) is 0. The summed E-state index contributed by atoms with van der Waals surface area (Å²) in [5, 5.41) is 13.6. The van der Waals surface area contributed by atoms with E-state index in [-0.39, 0.29) is 5.69 Å². The maximum atomic E-state index is 11.0. The summed E-state index contributed by atoms with van der Waals surface area (Å²) in [4.78, 5) is 19.0. The molecule has 0 atom stereocenters. The van der Waals surface area contributed by atoms with Crippen LogP contribution in [-0.4, -0.2) is 21.0 Å². The third kappa shape index (κ3) is 2.25. The van der Waals surface area contributed by atoms with Crippen LogP contribution in [0.5, 0.6) is 0 Å². The van der Waals surface area contributed by atoms with Gasteiger partial charge in [-0.3, -0.25) is 4.98 Å². The van der Waals surface area contributed by atoms with E-state index in [4.69, 9.17) is 5.11 Å². The topological polar surface area (TPSA) is 75.1 Å². The maximum absolute atomic E-state index is 11.0. The van der Waals surface area contributed by atoms with Crippen LogP contribution in [-0.2, 0) is 0 Å². The lowest BCUT2D eigenvalue weighted by Crippen LogP contribution is -2.00. The number of pyridine rings is 1. The molecule has 2 heterocycles. The summed E-state index contributed by atoms with van der Waals surface area (Å²) >= 11 is 1.26. The summed E-state index contributed by atoms with van der Waals surface area (Å²) in [6.07, 6.45) is 1.74. The fraction of sp³-hybridized carbons (Fsp3) is 0. The number of benzene rings is 1. The van der Waals surface area contributed by atoms with Crippen molar-refractivity contribution in [2.24, 2.45) is 0 Å². The van der Waals surface area contributed by atoms with Crippen LogP contribution in [0.2, 0.25) is 0 Å². The number of hydrogen-bond acceptors (Lipinski definition) is 5. The van der Waals surface area contributed by atoms with Crippen molar-refractivity contribution in [1.29, 1.82) is 0 Å². The second kappa shape index (κ2) is 4.66. The van der Waals surface area contributed by atoms with Gasteiger partial charge in [0.05, 0.1) is 11.0 Å². The van der Waals surface area contributed by atoms with Crippen LogP contribution in [0.25, 0.3) is 10.9 Å². The molecule has 19 heavy (non-hydrogen) atoms. The van der Waals surface area contributed by atoms with Crippen molar-refractivity contribution in [1.82, 2.24) is 9.97 Å². The highest BCUT2D eigenvalue weighted by Gasteiger charge is 2.13. The van der Waals surface area contributed by atoms with E-state index in [1.54, 1.807) is 6.20 Å². The van der Waals surface area contributed by atoms with E-state index in [0.717, 1.165) is 16.6 Å². The van der Waals surface area contributed by atoms with E-state index in [2.05, 4.69) is 15.3 Å². The monoisotopic (exact) mass is 271 g/mol. The SMILES string of the molecule is O=C(O)c1ncsc1Nc1ccc2ncccc2c1. The molecular formula is C13H9N3O2S. The molecule has 0 aliphatic rings. The summed E-state index contributed by atoms with van der Waals surface area (Å²) < 4.78 is 0. The highest BCUT2D eigenvalue weighted by molar-refractivity contribution is 7.14. The molecule has 0 fully saturated rings. The second-order valence-corrected chi connectivity index (χ2v) is 4.73. The third-order valence-electron chi connectivity index (χ3n) is 2.63. The van der Waals surface area contributed by atoms with Crippen molar-refractivity contribution >= 4 is 38.9 Å². The van der Waals surface area contributed by atoms with Gasteiger partial charge in [0.25, 0.3) is 0 Å². The van der Waals surface area contributed by atoms with Gasteiger partial charge in [0.1, 0.15) is 5.00 Å². The van der Waals surface area contributed by atoms with Crippen molar-refractivity contribution in [2.75, 3.05) is 5.32 Å². The molecule has 3 rings (SSSR count). The van der Waals surface area contributed by atoms with E-state index in [0.29, 0.717) is 5.00 Å². The Kier molecular flexibility index (Phi) is 2.85. The molecule has 6 heteroatoms. The van der Waals surface area contributed by atoms with Crippen molar-refractivity contribution in [3.63, 3.8) is 0 Å². The second-order valence-electron chi connectivity index (χ2n) is 3.87. The molecule has 0 saturated heterocycles. The Morgan fingerprint density at radius 3 is 3.00 bits per heavy atom. The van der Waals surface area contributed by atoms with E-state index in [1.807, 2.05) is 30.3 Å². The van der Waals surface area contributed by atoms with Crippen LogP contribution >= 0.6 is 11.3 Å². The Morgan fingerprint density at radius 2 is 2.16 bits per heavy atom. The first-order valence-corrected chi connectivity index (χ1v) is 6.40. The molecule has 0 aliphatic carbocycles. The minimum atomic E-state index is -1.04. The molecule has 0 amide bonds. The van der Waals surface area contributed by atoms with Crippen LogP contribution < -0.4 is 5.32 Å². The van der Waals surface area contributed by atoms with Gasteiger partial charge in [0.2, 0.25) is 0 Å². The average Bonchev–Trinajstić information content (AvgIpc) is 2.87. The number of rotatable bonds is 3. The highest BCUT2D eigenvalue weighted by atomic mass is 32.1. The molecule has 1 aromatic carbocycles. The van der Waals surface area contributed by atoms with E-state index >= 15 is 0 Å².